The van der Waals surface area contributed by atoms with E-state index in [2.05, 4.69) is 21.4 Å². The van der Waals surface area contributed by atoms with E-state index >= 15 is 0 Å². The maximum Gasteiger partial charge on any atom is 0.277 e. The van der Waals surface area contributed by atoms with Crippen LogP contribution in [0.5, 0.6) is 0 Å². The molecule has 0 aliphatic carbocycles. The van der Waals surface area contributed by atoms with Crippen LogP contribution in [0.1, 0.15) is 16.8 Å². The van der Waals surface area contributed by atoms with Crippen LogP contribution in [0.25, 0.3) is 27.4 Å². The normalized spacial score (nSPS) is 14.5. The molecule has 3 N–H and O–H groups in total. The van der Waals surface area contributed by atoms with Gasteiger partial charge in [-0.15, -0.1) is 0 Å². The van der Waals surface area contributed by atoms with Crippen LogP contribution in [0.3, 0.4) is 0 Å². The number of hydrogen-bond acceptors (Lipinski definition) is 3. The molecule has 0 saturated heterocycles. The lowest BCUT2D eigenvalue weighted by atomic mass is 10.0. The molecule has 150 valence electrons. The molecule has 0 spiro atoms. The van der Waals surface area contributed by atoms with Crippen molar-refractivity contribution in [3.05, 3.63) is 77.2 Å². The van der Waals surface area contributed by atoms with E-state index in [1.54, 1.807) is 0 Å². The molecule has 30 heavy (non-hydrogen) atoms. The van der Waals surface area contributed by atoms with Gasteiger partial charge < -0.3 is 15.3 Å². The highest BCUT2D eigenvalue weighted by Gasteiger charge is 2.38. The highest BCUT2D eigenvalue weighted by Crippen LogP contribution is 2.34. The van der Waals surface area contributed by atoms with Gasteiger partial charge in [-0.2, -0.15) is 0 Å². The number of carbonyl (C=O) groups is 2. The number of nitrogens with zero attached hydrogens (tertiary/aromatic N) is 1. The number of aromatic nitrogens is 2. The van der Waals surface area contributed by atoms with Crippen molar-refractivity contribution < 1.29 is 9.59 Å². The SMILES string of the molecule is Cc1[nH]c2ccccc2c1C1=C(NCCc2c[nH]c3ccccc23)C(=O)N(C)C1=O. The van der Waals surface area contributed by atoms with E-state index in [1.807, 2.05) is 55.6 Å². The second kappa shape index (κ2) is 6.91. The summed E-state index contributed by atoms with van der Waals surface area (Å²) in [6.07, 6.45) is 2.73. The Hall–Kier alpha value is -3.80. The van der Waals surface area contributed by atoms with E-state index in [0.29, 0.717) is 17.8 Å². The zero-order valence-corrected chi connectivity index (χ0v) is 16.9. The first-order chi connectivity index (χ1) is 14.6. The summed E-state index contributed by atoms with van der Waals surface area (Å²) in [6, 6.07) is 16.0. The molecule has 5 rings (SSSR count). The van der Waals surface area contributed by atoms with Gasteiger partial charge in [0.15, 0.2) is 0 Å². The Labute approximate surface area is 173 Å². The van der Waals surface area contributed by atoms with E-state index in [-0.39, 0.29) is 11.8 Å². The third-order valence-electron chi connectivity index (χ3n) is 5.80. The molecule has 3 heterocycles. The van der Waals surface area contributed by atoms with Gasteiger partial charge in [0, 0.05) is 52.9 Å². The standard InChI is InChI=1S/C24H22N4O2/c1-14-20(17-8-4-6-10-19(17)27-14)21-22(24(30)28(2)23(21)29)25-12-11-15-13-26-18-9-5-3-7-16(15)18/h3-10,13,25-27H,11-12H2,1-2H3. The first-order valence-electron chi connectivity index (χ1n) is 9.99. The van der Waals surface area contributed by atoms with E-state index < -0.39 is 0 Å². The lowest BCUT2D eigenvalue weighted by molar-refractivity contribution is -0.135. The molecule has 1 aliphatic rings. The molecule has 0 bridgehead atoms. The molecule has 0 atom stereocenters. The summed E-state index contributed by atoms with van der Waals surface area (Å²) < 4.78 is 0. The first-order valence-corrected chi connectivity index (χ1v) is 9.99. The van der Waals surface area contributed by atoms with Gasteiger partial charge in [0.1, 0.15) is 5.70 Å². The van der Waals surface area contributed by atoms with Crippen LogP contribution < -0.4 is 5.32 Å². The number of amides is 2. The fourth-order valence-electron chi connectivity index (χ4n) is 4.30. The quantitative estimate of drug-likeness (QED) is 0.450. The monoisotopic (exact) mass is 398 g/mol. The third-order valence-corrected chi connectivity index (χ3v) is 5.80. The van der Waals surface area contributed by atoms with Crippen molar-refractivity contribution >= 4 is 39.2 Å². The fraction of sp³-hybridized carbons (Fsp3) is 0.167. The Kier molecular flexibility index (Phi) is 4.20. The second-order valence-electron chi connectivity index (χ2n) is 7.63. The molecule has 0 unspecified atom stereocenters. The number of aromatic amines is 2. The van der Waals surface area contributed by atoms with E-state index in [1.165, 1.54) is 22.9 Å². The summed E-state index contributed by atoms with van der Waals surface area (Å²) in [5, 5.41) is 5.38. The van der Waals surface area contributed by atoms with E-state index in [9.17, 15) is 9.59 Å². The number of benzene rings is 2. The summed E-state index contributed by atoms with van der Waals surface area (Å²) >= 11 is 0. The molecule has 2 amide bonds. The topological polar surface area (TPSA) is 81.0 Å². The predicted octanol–water partition coefficient (Wildman–Crippen LogP) is 3.50. The van der Waals surface area contributed by atoms with Crippen LogP contribution in [-0.4, -0.2) is 40.3 Å². The number of imide groups is 1. The van der Waals surface area contributed by atoms with Crippen molar-refractivity contribution in [2.45, 2.75) is 13.3 Å². The average Bonchev–Trinajstić information content (AvgIpc) is 3.37. The molecule has 4 aromatic rings. The number of carbonyl (C=O) groups excluding carboxylic acids is 2. The number of likely N-dealkylation sites (N-methyl/N-ethyl adjacent to an activating group) is 1. The number of para-hydroxylation sites is 2. The summed E-state index contributed by atoms with van der Waals surface area (Å²) in [5.41, 5.74) is 5.70. The highest BCUT2D eigenvalue weighted by atomic mass is 16.2. The summed E-state index contributed by atoms with van der Waals surface area (Å²) in [4.78, 5) is 33.6. The second-order valence-corrected chi connectivity index (χ2v) is 7.63. The van der Waals surface area contributed by atoms with Crippen molar-refractivity contribution in [1.29, 1.82) is 0 Å². The van der Waals surface area contributed by atoms with Crippen molar-refractivity contribution in [1.82, 2.24) is 20.2 Å². The molecule has 2 aromatic heterocycles. The van der Waals surface area contributed by atoms with E-state index in [0.717, 1.165) is 34.1 Å². The van der Waals surface area contributed by atoms with Gasteiger partial charge in [-0.25, -0.2) is 0 Å². The first kappa shape index (κ1) is 18.2. The summed E-state index contributed by atoms with van der Waals surface area (Å²) in [5.74, 6) is -0.568. The maximum atomic E-state index is 13.0. The van der Waals surface area contributed by atoms with Crippen LogP contribution >= 0.6 is 0 Å². The molecule has 0 radical (unpaired) electrons. The number of rotatable bonds is 5. The molecule has 0 saturated carbocycles. The Balaban J connectivity index is 1.50. The van der Waals surface area contributed by atoms with Crippen molar-refractivity contribution in [3.8, 4) is 0 Å². The maximum absolute atomic E-state index is 13.0. The van der Waals surface area contributed by atoms with Crippen molar-refractivity contribution in [2.75, 3.05) is 13.6 Å². The van der Waals surface area contributed by atoms with Gasteiger partial charge in [0.2, 0.25) is 0 Å². The van der Waals surface area contributed by atoms with Crippen LogP contribution in [-0.2, 0) is 16.0 Å². The highest BCUT2D eigenvalue weighted by molar-refractivity contribution is 6.37. The smallest absolute Gasteiger partial charge is 0.277 e. The van der Waals surface area contributed by atoms with Gasteiger partial charge in [-0.1, -0.05) is 36.4 Å². The average molecular weight is 398 g/mol. The van der Waals surface area contributed by atoms with Gasteiger partial charge in [0.05, 0.1) is 5.57 Å². The molecule has 2 aromatic carbocycles. The Morgan fingerprint density at radius 2 is 1.63 bits per heavy atom. The number of aryl methyl sites for hydroxylation is 1. The third kappa shape index (κ3) is 2.72. The Bertz CT molecular complexity index is 1340. The minimum Gasteiger partial charge on any atom is -0.380 e. The van der Waals surface area contributed by atoms with Crippen LogP contribution in [0.2, 0.25) is 0 Å². The van der Waals surface area contributed by atoms with Gasteiger partial charge in [-0.05, 0) is 31.0 Å². The molecular formula is C24H22N4O2. The van der Waals surface area contributed by atoms with Crippen LogP contribution in [0.15, 0.2) is 60.4 Å². The lowest BCUT2D eigenvalue weighted by Crippen LogP contribution is -2.30. The largest absolute Gasteiger partial charge is 0.380 e. The molecule has 0 fully saturated rings. The predicted molar refractivity (Wildman–Crippen MR) is 118 cm³/mol. The number of fused-ring (bicyclic) bond motifs is 2. The minimum absolute atomic E-state index is 0.276. The van der Waals surface area contributed by atoms with Gasteiger partial charge >= 0.3 is 0 Å². The summed E-state index contributed by atoms with van der Waals surface area (Å²) in [6.45, 7) is 2.48. The fourth-order valence-corrected chi connectivity index (χ4v) is 4.30. The lowest BCUT2D eigenvalue weighted by Gasteiger charge is -2.08. The van der Waals surface area contributed by atoms with Gasteiger partial charge in [0.25, 0.3) is 11.8 Å². The number of hydrogen-bond donors (Lipinski definition) is 3. The molecular weight excluding hydrogens is 376 g/mol. The Morgan fingerprint density at radius 1 is 0.933 bits per heavy atom. The molecule has 1 aliphatic heterocycles. The zero-order valence-electron chi connectivity index (χ0n) is 16.9. The van der Waals surface area contributed by atoms with Crippen LogP contribution in [0.4, 0.5) is 0 Å². The summed E-state index contributed by atoms with van der Waals surface area (Å²) in [7, 11) is 1.53. The number of nitrogens with one attached hydrogen (secondary N) is 3. The zero-order chi connectivity index (χ0) is 20.8. The van der Waals surface area contributed by atoms with Crippen LogP contribution in [0, 0.1) is 6.92 Å². The van der Waals surface area contributed by atoms with E-state index in [4.69, 9.17) is 0 Å². The molecule has 6 heteroatoms. The van der Waals surface area contributed by atoms with Crippen molar-refractivity contribution in [3.63, 3.8) is 0 Å². The Morgan fingerprint density at radius 3 is 2.43 bits per heavy atom. The minimum atomic E-state index is -0.293. The van der Waals surface area contributed by atoms with Crippen molar-refractivity contribution in [2.24, 2.45) is 0 Å². The number of H-pyrrole nitrogens is 2. The van der Waals surface area contributed by atoms with Gasteiger partial charge in [-0.3, -0.25) is 14.5 Å². The molecule has 6 nitrogen and oxygen atoms in total.